The molecule has 3 fully saturated rings. The first-order valence-corrected chi connectivity index (χ1v) is 12.2. The van der Waals surface area contributed by atoms with Crippen LogP contribution in [0.5, 0.6) is 0 Å². The van der Waals surface area contributed by atoms with Crippen molar-refractivity contribution in [1.29, 1.82) is 0 Å². The van der Waals surface area contributed by atoms with Gasteiger partial charge in [0.1, 0.15) is 67.0 Å². The smallest absolute Gasteiger partial charge is 0.250 e. The number of hydrogen-bond donors (Lipinski definition) is 14. The van der Waals surface area contributed by atoms with Crippen molar-refractivity contribution in [2.24, 2.45) is 32.9 Å². The first-order chi connectivity index (χ1) is 18.7. The molecule has 1 saturated carbocycles. The van der Waals surface area contributed by atoms with Gasteiger partial charge < -0.3 is 93.2 Å². The van der Waals surface area contributed by atoms with Crippen LogP contribution in [0.2, 0.25) is 0 Å². The van der Waals surface area contributed by atoms with Crippen molar-refractivity contribution in [3.05, 3.63) is 0 Å². The number of guanidine groups is 2. The highest BCUT2D eigenvalue weighted by molar-refractivity contribution is 5.76. The maximum Gasteiger partial charge on any atom is 0.250 e. The van der Waals surface area contributed by atoms with Crippen LogP contribution >= 0.6 is 0 Å². The molecule has 2 saturated heterocycles. The summed E-state index contributed by atoms with van der Waals surface area (Å²) >= 11 is 0. The lowest BCUT2D eigenvalue weighted by atomic mass is 9.81. The van der Waals surface area contributed by atoms with Gasteiger partial charge in [-0.1, -0.05) is 0 Å². The lowest BCUT2D eigenvalue weighted by molar-refractivity contribution is -0.395. The fraction of sp³-hybridized carbons (Fsp3) is 0.900. The van der Waals surface area contributed by atoms with Gasteiger partial charge in [0.15, 0.2) is 18.2 Å². The summed E-state index contributed by atoms with van der Waals surface area (Å²) in [5, 5.41) is 97.2. The summed E-state index contributed by atoms with van der Waals surface area (Å²) < 4.78 is 22.2. The number of aliphatic hydroxyl groups is 9. The third-order valence-corrected chi connectivity index (χ3v) is 7.06. The molecule has 18 N–H and O–H groups in total. The van der Waals surface area contributed by atoms with Crippen LogP contribution in [-0.4, -0.2) is 170 Å². The third kappa shape index (κ3) is 6.10. The van der Waals surface area contributed by atoms with Gasteiger partial charge >= 0.3 is 0 Å². The van der Waals surface area contributed by atoms with E-state index in [-0.39, 0.29) is 0 Å². The zero-order chi connectivity index (χ0) is 30.1. The fourth-order valence-electron chi connectivity index (χ4n) is 4.96. The Hall–Kier alpha value is -2.02. The maximum absolute atomic E-state index is 11.5. The van der Waals surface area contributed by atoms with Crippen molar-refractivity contribution >= 4 is 11.9 Å². The van der Waals surface area contributed by atoms with E-state index in [2.05, 4.69) is 15.3 Å². The highest BCUT2D eigenvalue weighted by atomic mass is 16.8. The molecule has 232 valence electrons. The molecule has 15 atom stereocenters. The molecule has 20 heteroatoms. The Bertz CT molecular complexity index is 912. The van der Waals surface area contributed by atoms with Crippen molar-refractivity contribution in [2.75, 3.05) is 20.3 Å². The fourth-order valence-corrected chi connectivity index (χ4v) is 4.96. The Balaban J connectivity index is 1.97. The minimum Gasteiger partial charge on any atom is -0.394 e. The van der Waals surface area contributed by atoms with Crippen LogP contribution in [0.4, 0.5) is 0 Å². The summed E-state index contributed by atoms with van der Waals surface area (Å²) in [4.78, 5) is 7.53. The highest BCUT2D eigenvalue weighted by Crippen LogP contribution is 2.39. The molecule has 3 rings (SSSR count). The van der Waals surface area contributed by atoms with Gasteiger partial charge in [0, 0.05) is 0 Å². The summed E-state index contributed by atoms with van der Waals surface area (Å²) in [6.07, 6.45) is -19.2. The number of ether oxygens (including phenoxy) is 4. The molecule has 1 aliphatic carbocycles. The zero-order valence-electron chi connectivity index (χ0n) is 21.4. The minimum absolute atomic E-state index is 0.533. The molecule has 40 heavy (non-hydrogen) atoms. The number of hydrogen-bond acceptors (Lipinski definition) is 16. The second kappa shape index (κ2) is 12.9. The van der Waals surface area contributed by atoms with Crippen molar-refractivity contribution < 1.29 is 64.9 Å². The van der Waals surface area contributed by atoms with Crippen LogP contribution in [0.25, 0.3) is 0 Å². The summed E-state index contributed by atoms with van der Waals surface area (Å²) in [7, 11) is 1.36. The maximum atomic E-state index is 11.5. The van der Waals surface area contributed by atoms with E-state index in [0.29, 0.717) is 0 Å². The molecule has 0 amide bonds. The summed E-state index contributed by atoms with van der Waals surface area (Å²) in [6, 6.07) is -4.33. The molecule has 0 spiro atoms. The van der Waals surface area contributed by atoms with E-state index in [0.717, 1.165) is 0 Å². The topological polar surface area (TPSA) is 360 Å². The molecule has 2 aliphatic heterocycles. The van der Waals surface area contributed by atoms with Crippen molar-refractivity contribution in [3.8, 4) is 0 Å². The lowest BCUT2D eigenvalue weighted by Crippen LogP contribution is -2.68. The number of rotatable bonds is 9. The number of likely N-dealkylation sites (N-methyl/N-ethyl adjacent to an activating group) is 1. The predicted octanol–water partition coefficient (Wildman–Crippen LogP) is -9.44. The first-order valence-electron chi connectivity index (χ1n) is 12.2. The first kappa shape index (κ1) is 32.5. The molecular formula is C20H39N7O13. The summed E-state index contributed by atoms with van der Waals surface area (Å²) in [5.74, 6) is -4.04. The molecule has 0 aromatic carbocycles. The minimum atomic E-state index is -2.93. The molecule has 15 unspecified atom stereocenters. The molecule has 0 bridgehead atoms. The van der Waals surface area contributed by atoms with Gasteiger partial charge in [-0.2, -0.15) is 0 Å². The van der Waals surface area contributed by atoms with Gasteiger partial charge in [-0.3, -0.25) is 0 Å². The molecule has 2 heterocycles. The van der Waals surface area contributed by atoms with E-state index >= 15 is 0 Å². The van der Waals surface area contributed by atoms with Crippen LogP contribution < -0.4 is 28.3 Å². The van der Waals surface area contributed by atoms with Crippen LogP contribution in [-0.2, 0) is 18.9 Å². The Morgan fingerprint density at radius 3 is 1.90 bits per heavy atom. The van der Waals surface area contributed by atoms with Gasteiger partial charge in [0.05, 0.1) is 19.3 Å². The molecule has 0 aromatic rings. The summed E-state index contributed by atoms with van der Waals surface area (Å²) in [5.41, 5.74) is 21.7. The molecule has 0 radical (unpaired) electrons. The van der Waals surface area contributed by atoms with E-state index < -0.39 is 117 Å². The van der Waals surface area contributed by atoms with E-state index in [9.17, 15) is 46.0 Å². The molecular weight excluding hydrogens is 546 g/mol. The second-order valence-corrected chi connectivity index (χ2v) is 9.69. The predicted molar refractivity (Wildman–Crippen MR) is 130 cm³/mol. The Morgan fingerprint density at radius 2 is 1.38 bits per heavy atom. The zero-order valence-corrected chi connectivity index (χ0v) is 21.4. The van der Waals surface area contributed by atoms with Gasteiger partial charge in [0.2, 0.25) is 12.1 Å². The lowest BCUT2D eigenvalue weighted by Gasteiger charge is -2.46. The van der Waals surface area contributed by atoms with Crippen LogP contribution in [0, 0.1) is 0 Å². The van der Waals surface area contributed by atoms with Crippen molar-refractivity contribution in [2.45, 2.75) is 91.4 Å². The van der Waals surface area contributed by atoms with Crippen molar-refractivity contribution in [1.82, 2.24) is 5.32 Å². The number of aliphatic imine (C=N–C) groups is 2. The Morgan fingerprint density at radius 1 is 0.800 bits per heavy atom. The Kier molecular flexibility index (Phi) is 10.5. The van der Waals surface area contributed by atoms with E-state index in [1.165, 1.54) is 7.05 Å². The van der Waals surface area contributed by atoms with Gasteiger partial charge in [-0.15, -0.1) is 0 Å². The molecule has 20 nitrogen and oxygen atoms in total. The average Bonchev–Trinajstić information content (AvgIpc) is 3.13. The normalized spacial score (nSPS) is 47.5. The SMILES string of the molecule is CNC1C(OC2(O)C(OC3C(O)C(O)C(N=C(N)N)C(O)C3N=C(N)N)OC(CO)C2O)OC(CO)C(O)C1O. The number of nitrogens with zero attached hydrogens (tertiary/aromatic N) is 2. The third-order valence-electron chi connectivity index (χ3n) is 7.06. The largest absolute Gasteiger partial charge is 0.394 e. The van der Waals surface area contributed by atoms with Crippen LogP contribution in [0.15, 0.2) is 9.98 Å². The second-order valence-electron chi connectivity index (χ2n) is 9.69. The van der Waals surface area contributed by atoms with Gasteiger partial charge in [0.25, 0.3) is 0 Å². The standard InChI is InChI=1S/C20H39N7O13/c1-25-8-12(33)9(30)4(2-28)37-16(8)40-20(36)15(35)5(3-29)38-17(20)39-14-7(27-19(23)24)10(31)6(26-18(21)22)11(32)13(14)34/h4-17,25,28-36H,2-3H2,1H3,(H4,21,22,26)(H4,23,24,27). The molecule has 0 aromatic heterocycles. The van der Waals surface area contributed by atoms with Gasteiger partial charge in [-0.05, 0) is 7.05 Å². The highest BCUT2D eigenvalue weighted by Gasteiger charge is 2.63. The van der Waals surface area contributed by atoms with E-state index in [4.69, 9.17) is 41.9 Å². The average molecular weight is 586 g/mol. The quantitative estimate of drug-likeness (QED) is 0.0678. The van der Waals surface area contributed by atoms with E-state index in [1.54, 1.807) is 0 Å². The Labute approximate surface area is 227 Å². The van der Waals surface area contributed by atoms with E-state index in [1.807, 2.05) is 0 Å². The number of nitrogens with two attached hydrogens (primary N) is 4. The molecule has 3 aliphatic rings. The number of aliphatic hydroxyl groups excluding tert-OH is 8. The number of nitrogens with one attached hydrogen (secondary N) is 1. The van der Waals surface area contributed by atoms with Crippen LogP contribution in [0.3, 0.4) is 0 Å². The van der Waals surface area contributed by atoms with Gasteiger partial charge in [-0.25, -0.2) is 9.98 Å². The summed E-state index contributed by atoms with van der Waals surface area (Å²) in [6.45, 7) is -1.62. The monoisotopic (exact) mass is 585 g/mol. The van der Waals surface area contributed by atoms with Crippen molar-refractivity contribution in [3.63, 3.8) is 0 Å². The van der Waals surface area contributed by atoms with Crippen LogP contribution in [0.1, 0.15) is 0 Å².